The highest BCUT2D eigenvalue weighted by molar-refractivity contribution is 5.85. The van der Waals surface area contributed by atoms with Crippen LogP contribution in [0.3, 0.4) is 0 Å². The molecule has 3 N–H and O–H groups in total. The summed E-state index contributed by atoms with van der Waals surface area (Å²) < 4.78 is 5.74. The zero-order chi connectivity index (χ0) is 14.5. The fourth-order valence-electron chi connectivity index (χ4n) is 3.20. The first-order valence-electron chi connectivity index (χ1n) is 7.92. The van der Waals surface area contributed by atoms with Gasteiger partial charge in [-0.3, -0.25) is 9.69 Å². The van der Waals surface area contributed by atoms with Crippen molar-refractivity contribution in [3.05, 3.63) is 0 Å². The van der Waals surface area contributed by atoms with Crippen molar-refractivity contribution in [2.75, 3.05) is 32.8 Å². The molecule has 5 nitrogen and oxygen atoms in total. The Balaban J connectivity index is 0.00000220. The molecule has 2 rings (SSSR count). The molecule has 3 atom stereocenters. The van der Waals surface area contributed by atoms with Crippen molar-refractivity contribution in [3.8, 4) is 0 Å². The number of nitrogens with one attached hydrogen (secondary N) is 1. The van der Waals surface area contributed by atoms with Crippen LogP contribution in [0.15, 0.2) is 0 Å². The highest BCUT2D eigenvalue weighted by Gasteiger charge is 2.28. The van der Waals surface area contributed by atoms with E-state index in [2.05, 4.69) is 24.1 Å². The lowest BCUT2D eigenvalue weighted by atomic mass is 10.1. The lowest BCUT2D eigenvalue weighted by Crippen LogP contribution is -2.49. The van der Waals surface area contributed by atoms with Crippen molar-refractivity contribution in [1.82, 2.24) is 10.2 Å². The highest BCUT2D eigenvalue weighted by Crippen LogP contribution is 2.24. The van der Waals surface area contributed by atoms with Gasteiger partial charge in [0.2, 0.25) is 5.91 Å². The summed E-state index contributed by atoms with van der Waals surface area (Å²) in [7, 11) is 0. The first kappa shape index (κ1) is 21.9. The summed E-state index contributed by atoms with van der Waals surface area (Å²) >= 11 is 0. The minimum atomic E-state index is 0. The van der Waals surface area contributed by atoms with E-state index in [4.69, 9.17) is 10.5 Å². The minimum Gasteiger partial charge on any atom is -0.374 e. The van der Waals surface area contributed by atoms with Gasteiger partial charge in [-0.2, -0.15) is 0 Å². The summed E-state index contributed by atoms with van der Waals surface area (Å²) in [6.07, 6.45) is 2.86. The van der Waals surface area contributed by atoms with Crippen LogP contribution in [0.5, 0.6) is 0 Å². The van der Waals surface area contributed by atoms with Crippen LogP contribution in [0.2, 0.25) is 0 Å². The van der Waals surface area contributed by atoms with E-state index in [1.807, 2.05) is 0 Å². The molecule has 0 spiro atoms. The van der Waals surface area contributed by atoms with Crippen LogP contribution in [0.1, 0.15) is 33.1 Å². The summed E-state index contributed by atoms with van der Waals surface area (Å²) in [4.78, 5) is 14.5. The summed E-state index contributed by atoms with van der Waals surface area (Å²) in [5, 5.41) is 3.04. The monoisotopic (exact) mass is 355 g/mol. The molecule has 132 valence electrons. The number of amides is 1. The third kappa shape index (κ3) is 7.01. The first-order chi connectivity index (χ1) is 9.54. The Morgan fingerprint density at radius 3 is 2.68 bits per heavy atom. The number of hydrogen-bond donors (Lipinski definition) is 2. The Kier molecular flexibility index (Phi) is 10.6. The zero-order valence-electron chi connectivity index (χ0n) is 13.6. The van der Waals surface area contributed by atoms with Gasteiger partial charge in [0.15, 0.2) is 0 Å². The van der Waals surface area contributed by atoms with Gasteiger partial charge < -0.3 is 15.8 Å². The number of morpholine rings is 1. The molecule has 1 saturated heterocycles. The summed E-state index contributed by atoms with van der Waals surface area (Å²) in [5.74, 6) is 0.936. The van der Waals surface area contributed by atoms with Gasteiger partial charge in [-0.1, -0.05) is 13.8 Å². The molecule has 22 heavy (non-hydrogen) atoms. The van der Waals surface area contributed by atoms with Crippen LogP contribution in [0, 0.1) is 11.8 Å². The fourth-order valence-corrected chi connectivity index (χ4v) is 3.20. The van der Waals surface area contributed by atoms with Gasteiger partial charge in [0.1, 0.15) is 0 Å². The Morgan fingerprint density at radius 2 is 2.09 bits per heavy atom. The van der Waals surface area contributed by atoms with Gasteiger partial charge in [0, 0.05) is 38.1 Å². The Hall–Kier alpha value is -0.0700. The van der Waals surface area contributed by atoms with E-state index in [1.54, 1.807) is 0 Å². The maximum absolute atomic E-state index is 12.1. The van der Waals surface area contributed by atoms with Gasteiger partial charge in [0.25, 0.3) is 0 Å². The molecular formula is C15H31Cl2N3O2. The number of rotatable bonds is 5. The smallest absolute Gasteiger partial charge is 0.223 e. The van der Waals surface area contributed by atoms with Crippen molar-refractivity contribution < 1.29 is 9.53 Å². The molecule has 1 aliphatic heterocycles. The van der Waals surface area contributed by atoms with E-state index in [1.165, 1.54) is 0 Å². The predicted molar refractivity (Wildman–Crippen MR) is 93.8 cm³/mol. The molecule has 7 heteroatoms. The summed E-state index contributed by atoms with van der Waals surface area (Å²) in [6.45, 7) is 8.87. The molecule has 1 heterocycles. The number of carbonyl (C=O) groups is 1. The molecular weight excluding hydrogens is 325 g/mol. The maximum atomic E-state index is 12.1. The summed E-state index contributed by atoms with van der Waals surface area (Å²) in [5.41, 5.74) is 5.86. The maximum Gasteiger partial charge on any atom is 0.223 e. The second kappa shape index (κ2) is 10.7. The molecule has 0 radical (unpaired) electrons. The van der Waals surface area contributed by atoms with Crippen LogP contribution in [-0.4, -0.2) is 55.7 Å². The molecule has 1 amide bonds. The Morgan fingerprint density at radius 1 is 1.36 bits per heavy atom. The van der Waals surface area contributed by atoms with Crippen LogP contribution in [0.4, 0.5) is 0 Å². The second-order valence-electron chi connectivity index (χ2n) is 6.66. The largest absolute Gasteiger partial charge is 0.374 e. The molecule has 0 aromatic carbocycles. The molecule has 0 aromatic rings. The third-order valence-electron chi connectivity index (χ3n) is 4.19. The number of halogens is 2. The Labute approximate surface area is 146 Å². The molecule has 2 fully saturated rings. The van der Waals surface area contributed by atoms with E-state index in [0.717, 1.165) is 45.5 Å². The van der Waals surface area contributed by atoms with Crippen molar-refractivity contribution in [1.29, 1.82) is 0 Å². The lowest BCUT2D eigenvalue weighted by molar-refractivity contribution is -0.126. The van der Waals surface area contributed by atoms with Crippen molar-refractivity contribution in [2.45, 2.75) is 45.3 Å². The minimum absolute atomic E-state index is 0. The van der Waals surface area contributed by atoms with Crippen molar-refractivity contribution >= 4 is 30.7 Å². The quantitative estimate of drug-likeness (QED) is 0.782. The standard InChI is InChI=1S/C15H29N3O2.2ClH/c1-11(2)9-18-5-6-20-14(10-18)8-17-15(19)12-3-4-13(16)7-12;;/h11-14H,3-10,16H2,1-2H3,(H,17,19);2*1H. The average molecular weight is 356 g/mol. The fraction of sp³-hybridized carbons (Fsp3) is 0.933. The normalized spacial score (nSPS) is 28.8. The van der Waals surface area contributed by atoms with E-state index in [0.29, 0.717) is 12.5 Å². The summed E-state index contributed by atoms with van der Waals surface area (Å²) in [6, 6.07) is 0.207. The molecule has 0 bridgehead atoms. The molecule has 1 aliphatic carbocycles. The average Bonchev–Trinajstić information content (AvgIpc) is 2.82. The van der Waals surface area contributed by atoms with Crippen LogP contribution in [-0.2, 0) is 9.53 Å². The SMILES string of the molecule is CC(C)CN1CCOC(CNC(=O)C2CCC(N)C2)C1.Cl.Cl. The molecule has 1 saturated carbocycles. The topological polar surface area (TPSA) is 67.6 Å². The van der Waals surface area contributed by atoms with Gasteiger partial charge in [-0.15, -0.1) is 24.8 Å². The molecule has 2 aliphatic rings. The Bertz CT molecular complexity index is 332. The first-order valence-corrected chi connectivity index (χ1v) is 7.92. The third-order valence-corrected chi connectivity index (χ3v) is 4.19. The van der Waals surface area contributed by atoms with E-state index >= 15 is 0 Å². The van der Waals surface area contributed by atoms with Crippen molar-refractivity contribution in [2.24, 2.45) is 17.6 Å². The number of ether oxygens (including phenoxy) is 1. The number of nitrogens with two attached hydrogens (primary N) is 1. The van der Waals surface area contributed by atoms with E-state index in [-0.39, 0.29) is 48.8 Å². The van der Waals surface area contributed by atoms with Gasteiger partial charge >= 0.3 is 0 Å². The number of nitrogens with zero attached hydrogens (tertiary/aromatic N) is 1. The zero-order valence-corrected chi connectivity index (χ0v) is 15.3. The molecule has 3 unspecified atom stereocenters. The van der Waals surface area contributed by atoms with Crippen LogP contribution >= 0.6 is 24.8 Å². The van der Waals surface area contributed by atoms with Crippen LogP contribution in [0.25, 0.3) is 0 Å². The van der Waals surface area contributed by atoms with Gasteiger partial charge in [-0.25, -0.2) is 0 Å². The van der Waals surface area contributed by atoms with Gasteiger partial charge in [0.05, 0.1) is 12.7 Å². The van der Waals surface area contributed by atoms with E-state index in [9.17, 15) is 4.79 Å². The predicted octanol–water partition coefficient (Wildman–Crippen LogP) is 1.43. The number of hydrogen-bond acceptors (Lipinski definition) is 4. The van der Waals surface area contributed by atoms with Gasteiger partial charge in [-0.05, 0) is 25.2 Å². The second-order valence-corrected chi connectivity index (χ2v) is 6.66. The van der Waals surface area contributed by atoms with Crippen LogP contribution < -0.4 is 11.1 Å². The van der Waals surface area contributed by atoms with Crippen molar-refractivity contribution in [3.63, 3.8) is 0 Å². The number of carbonyl (C=O) groups excluding carboxylic acids is 1. The van der Waals surface area contributed by atoms with E-state index < -0.39 is 0 Å². The lowest BCUT2D eigenvalue weighted by Gasteiger charge is -2.34. The highest BCUT2D eigenvalue weighted by atomic mass is 35.5. The molecule has 0 aromatic heterocycles.